The molecule has 1 unspecified atom stereocenters. The quantitative estimate of drug-likeness (QED) is 0.938. The summed E-state index contributed by atoms with van der Waals surface area (Å²) in [6.45, 7) is 4.42. The van der Waals surface area contributed by atoms with E-state index in [-0.39, 0.29) is 24.0 Å². The molecule has 0 aliphatic rings. The first-order valence-electron chi connectivity index (χ1n) is 6.06. The number of hydrogen-bond donors (Lipinski definition) is 1. The molecular formula is C14H18ClN3O. The van der Waals surface area contributed by atoms with Gasteiger partial charge in [-0.25, -0.2) is 4.68 Å². The average Bonchev–Trinajstić information content (AvgIpc) is 2.39. The number of hydrogen-bond acceptors (Lipinski definition) is 3. The highest BCUT2D eigenvalue weighted by Crippen LogP contribution is 2.18. The van der Waals surface area contributed by atoms with Crippen molar-refractivity contribution in [1.29, 1.82) is 0 Å². The zero-order valence-corrected chi connectivity index (χ0v) is 11.9. The second-order valence-electron chi connectivity index (χ2n) is 4.28. The normalized spacial score (nSPS) is 11.7. The van der Waals surface area contributed by atoms with Crippen LogP contribution in [0.15, 0.2) is 41.2 Å². The molecule has 102 valence electrons. The van der Waals surface area contributed by atoms with Crippen LogP contribution in [0.3, 0.4) is 0 Å². The molecule has 1 aromatic heterocycles. The Morgan fingerprint density at radius 2 is 1.84 bits per heavy atom. The highest BCUT2D eigenvalue weighted by Gasteiger charge is 2.04. The van der Waals surface area contributed by atoms with Gasteiger partial charge in [0.15, 0.2) is 0 Å². The largest absolute Gasteiger partial charge is 0.324 e. The average molecular weight is 280 g/mol. The lowest BCUT2D eigenvalue weighted by molar-refractivity contribution is 0.619. The molecule has 0 saturated carbocycles. The van der Waals surface area contributed by atoms with E-state index >= 15 is 0 Å². The van der Waals surface area contributed by atoms with Crippen molar-refractivity contribution in [1.82, 2.24) is 9.78 Å². The molecule has 5 heteroatoms. The Kier molecular flexibility index (Phi) is 5.27. The fourth-order valence-corrected chi connectivity index (χ4v) is 1.79. The van der Waals surface area contributed by atoms with Crippen LogP contribution in [0.25, 0.3) is 11.3 Å². The van der Waals surface area contributed by atoms with Crippen molar-refractivity contribution in [2.24, 2.45) is 5.73 Å². The van der Waals surface area contributed by atoms with E-state index in [1.54, 1.807) is 12.1 Å². The van der Waals surface area contributed by atoms with Crippen LogP contribution in [0, 0.1) is 0 Å². The van der Waals surface area contributed by atoms with Gasteiger partial charge in [-0.2, -0.15) is 5.10 Å². The van der Waals surface area contributed by atoms with Gasteiger partial charge in [-0.1, -0.05) is 24.3 Å². The molecule has 0 amide bonds. The first-order valence-corrected chi connectivity index (χ1v) is 6.06. The third-order valence-corrected chi connectivity index (χ3v) is 2.90. The minimum atomic E-state index is -0.0755. The van der Waals surface area contributed by atoms with E-state index in [1.807, 2.05) is 38.1 Å². The van der Waals surface area contributed by atoms with E-state index in [9.17, 15) is 4.79 Å². The van der Waals surface area contributed by atoms with Gasteiger partial charge in [0, 0.05) is 24.2 Å². The van der Waals surface area contributed by atoms with Crippen LogP contribution < -0.4 is 11.3 Å². The van der Waals surface area contributed by atoms with E-state index < -0.39 is 0 Å². The molecule has 0 saturated heterocycles. The molecule has 2 N–H and O–H groups in total. The molecule has 4 nitrogen and oxygen atoms in total. The van der Waals surface area contributed by atoms with Crippen molar-refractivity contribution < 1.29 is 0 Å². The monoisotopic (exact) mass is 279 g/mol. The lowest BCUT2D eigenvalue weighted by Gasteiger charge is -2.08. The Balaban J connectivity index is 0.00000180. The van der Waals surface area contributed by atoms with Crippen molar-refractivity contribution in [3.63, 3.8) is 0 Å². The van der Waals surface area contributed by atoms with Crippen molar-refractivity contribution >= 4 is 12.4 Å². The Morgan fingerprint density at radius 1 is 1.21 bits per heavy atom. The smallest absolute Gasteiger partial charge is 0.266 e. The fraction of sp³-hybridized carbons (Fsp3) is 0.286. The van der Waals surface area contributed by atoms with Crippen molar-refractivity contribution in [3.05, 3.63) is 52.3 Å². The fourth-order valence-electron chi connectivity index (χ4n) is 1.79. The minimum absolute atomic E-state index is 0. The molecule has 1 aromatic carbocycles. The van der Waals surface area contributed by atoms with Crippen LogP contribution in [0.5, 0.6) is 0 Å². The standard InChI is InChI=1S/C14H17N3O.ClH/c1-3-17-14(18)9-8-13(16-17)12-6-4-11(5-7-12)10(2)15;/h4-10H,3,15H2,1-2H3;1H. The summed E-state index contributed by atoms with van der Waals surface area (Å²) in [6, 6.07) is 11.3. The summed E-state index contributed by atoms with van der Waals surface area (Å²) in [6.07, 6.45) is 0. The Labute approximate surface area is 118 Å². The summed E-state index contributed by atoms with van der Waals surface area (Å²) >= 11 is 0. The van der Waals surface area contributed by atoms with Crippen LogP contribution in [0.4, 0.5) is 0 Å². The van der Waals surface area contributed by atoms with Crippen molar-refractivity contribution in [2.45, 2.75) is 26.4 Å². The maximum Gasteiger partial charge on any atom is 0.266 e. The zero-order valence-electron chi connectivity index (χ0n) is 11.0. The van der Waals surface area contributed by atoms with Gasteiger partial charge in [0.05, 0.1) is 5.69 Å². The van der Waals surface area contributed by atoms with Gasteiger partial charge >= 0.3 is 0 Å². The van der Waals surface area contributed by atoms with Crippen LogP contribution >= 0.6 is 12.4 Å². The van der Waals surface area contributed by atoms with E-state index in [0.29, 0.717) is 6.54 Å². The molecule has 0 bridgehead atoms. The molecule has 1 atom stereocenters. The minimum Gasteiger partial charge on any atom is -0.324 e. The summed E-state index contributed by atoms with van der Waals surface area (Å²) in [5.41, 5.74) is 8.60. The summed E-state index contributed by atoms with van der Waals surface area (Å²) in [5.74, 6) is 0. The zero-order chi connectivity index (χ0) is 13.1. The number of nitrogens with zero attached hydrogens (tertiary/aromatic N) is 2. The number of benzene rings is 1. The van der Waals surface area contributed by atoms with Gasteiger partial charge in [-0.3, -0.25) is 4.79 Å². The van der Waals surface area contributed by atoms with Crippen molar-refractivity contribution in [2.75, 3.05) is 0 Å². The summed E-state index contributed by atoms with van der Waals surface area (Å²) in [7, 11) is 0. The van der Waals surface area contributed by atoms with Gasteiger partial charge in [0.25, 0.3) is 5.56 Å². The number of nitrogens with two attached hydrogens (primary N) is 1. The Morgan fingerprint density at radius 3 is 2.37 bits per heavy atom. The van der Waals surface area contributed by atoms with Gasteiger partial charge in [0.1, 0.15) is 0 Å². The van der Waals surface area contributed by atoms with Gasteiger partial charge in [-0.05, 0) is 25.5 Å². The molecule has 0 fully saturated rings. The van der Waals surface area contributed by atoms with Gasteiger partial charge in [0.2, 0.25) is 0 Å². The summed E-state index contributed by atoms with van der Waals surface area (Å²) in [5, 5.41) is 4.31. The predicted octanol–water partition coefficient (Wildman–Crippen LogP) is 2.37. The lowest BCUT2D eigenvalue weighted by atomic mass is 10.1. The van der Waals surface area contributed by atoms with E-state index in [1.165, 1.54) is 4.68 Å². The van der Waals surface area contributed by atoms with E-state index in [2.05, 4.69) is 5.10 Å². The molecule has 0 aliphatic heterocycles. The topological polar surface area (TPSA) is 60.9 Å². The number of rotatable bonds is 3. The van der Waals surface area contributed by atoms with Crippen LogP contribution in [-0.4, -0.2) is 9.78 Å². The van der Waals surface area contributed by atoms with Crippen LogP contribution in [0.1, 0.15) is 25.5 Å². The molecule has 1 heterocycles. The maximum atomic E-state index is 11.5. The molecule has 2 rings (SSSR count). The maximum absolute atomic E-state index is 11.5. The first-order chi connectivity index (χ1) is 8.61. The predicted molar refractivity (Wildman–Crippen MR) is 79.5 cm³/mol. The highest BCUT2D eigenvalue weighted by atomic mass is 35.5. The van der Waals surface area contributed by atoms with Crippen LogP contribution in [0.2, 0.25) is 0 Å². The first kappa shape index (κ1) is 15.4. The number of aromatic nitrogens is 2. The van der Waals surface area contributed by atoms with Crippen LogP contribution in [-0.2, 0) is 6.54 Å². The third-order valence-electron chi connectivity index (χ3n) is 2.90. The SMILES string of the molecule is CCn1nc(-c2ccc(C(C)N)cc2)ccc1=O.Cl. The second kappa shape index (κ2) is 6.50. The van der Waals surface area contributed by atoms with Gasteiger partial charge < -0.3 is 5.73 Å². The second-order valence-corrected chi connectivity index (χ2v) is 4.28. The molecule has 0 aliphatic carbocycles. The highest BCUT2D eigenvalue weighted by molar-refractivity contribution is 5.85. The van der Waals surface area contributed by atoms with Crippen molar-refractivity contribution in [3.8, 4) is 11.3 Å². The van der Waals surface area contributed by atoms with Gasteiger partial charge in [-0.15, -0.1) is 12.4 Å². The molecule has 0 spiro atoms. The molecule has 2 aromatic rings. The third kappa shape index (κ3) is 3.43. The number of aryl methyl sites for hydroxylation is 1. The number of halogens is 1. The molecule has 19 heavy (non-hydrogen) atoms. The Bertz CT molecular complexity index is 590. The van der Waals surface area contributed by atoms with E-state index in [0.717, 1.165) is 16.8 Å². The Hall–Kier alpha value is -1.65. The molecular weight excluding hydrogens is 262 g/mol. The summed E-state index contributed by atoms with van der Waals surface area (Å²) in [4.78, 5) is 11.5. The summed E-state index contributed by atoms with van der Waals surface area (Å²) < 4.78 is 1.45. The molecule has 0 radical (unpaired) electrons. The lowest BCUT2D eigenvalue weighted by Crippen LogP contribution is -2.20. The van der Waals surface area contributed by atoms with E-state index in [4.69, 9.17) is 5.73 Å².